The molecule has 5 rings (SSSR count). The third kappa shape index (κ3) is 3.77. The van der Waals surface area contributed by atoms with Crippen molar-refractivity contribution in [1.29, 1.82) is 0 Å². The van der Waals surface area contributed by atoms with E-state index in [0.717, 1.165) is 23.3 Å². The Hall–Kier alpha value is -4.52. The predicted octanol–water partition coefficient (Wildman–Crippen LogP) is 3.93. The van der Waals surface area contributed by atoms with Crippen LogP contribution in [0.25, 0.3) is 33.2 Å². The number of nitrogens with one attached hydrogen (secondary N) is 1. The molecule has 0 aliphatic heterocycles. The SMILES string of the molecule is COc1ccc2ccccc2c1CCNc1cc(-c2ccc(-c3c(O)c(=O)c3=O)cc2)ncn1. The highest BCUT2D eigenvalue weighted by molar-refractivity contribution is 5.87. The smallest absolute Gasteiger partial charge is 0.268 e. The molecular formula is C27H21N3O4. The van der Waals surface area contributed by atoms with Crippen LogP contribution in [-0.2, 0) is 6.42 Å². The van der Waals surface area contributed by atoms with Gasteiger partial charge >= 0.3 is 0 Å². The van der Waals surface area contributed by atoms with Crippen LogP contribution in [0.1, 0.15) is 5.56 Å². The number of hydrogen-bond donors (Lipinski definition) is 2. The molecule has 0 bridgehead atoms. The van der Waals surface area contributed by atoms with Crippen LogP contribution in [0.4, 0.5) is 5.82 Å². The summed E-state index contributed by atoms with van der Waals surface area (Å²) in [6.45, 7) is 0.656. The average molecular weight is 451 g/mol. The number of anilines is 1. The number of hydrogen-bond acceptors (Lipinski definition) is 7. The van der Waals surface area contributed by atoms with Gasteiger partial charge in [0.1, 0.15) is 17.9 Å². The van der Waals surface area contributed by atoms with Crippen molar-refractivity contribution in [2.75, 3.05) is 19.0 Å². The van der Waals surface area contributed by atoms with Gasteiger partial charge in [0.05, 0.1) is 18.4 Å². The molecule has 2 N–H and O–H groups in total. The fourth-order valence-corrected chi connectivity index (χ4v) is 4.15. The van der Waals surface area contributed by atoms with E-state index in [-0.39, 0.29) is 5.56 Å². The molecule has 168 valence electrons. The summed E-state index contributed by atoms with van der Waals surface area (Å²) in [5.41, 5.74) is 1.73. The first-order valence-corrected chi connectivity index (χ1v) is 10.8. The second kappa shape index (κ2) is 8.78. The molecule has 0 atom stereocenters. The zero-order valence-corrected chi connectivity index (χ0v) is 18.4. The first-order valence-electron chi connectivity index (χ1n) is 10.8. The summed E-state index contributed by atoms with van der Waals surface area (Å²) >= 11 is 0. The van der Waals surface area contributed by atoms with Crippen molar-refractivity contribution in [3.63, 3.8) is 0 Å². The van der Waals surface area contributed by atoms with Crippen LogP contribution in [-0.4, -0.2) is 28.7 Å². The maximum atomic E-state index is 11.7. The third-order valence-corrected chi connectivity index (χ3v) is 5.92. The summed E-state index contributed by atoms with van der Waals surface area (Å²) in [6, 6.07) is 21.1. The van der Waals surface area contributed by atoms with Crippen LogP contribution >= 0.6 is 0 Å². The van der Waals surface area contributed by atoms with Crippen molar-refractivity contribution in [3.05, 3.63) is 99.1 Å². The first kappa shape index (κ1) is 21.3. The van der Waals surface area contributed by atoms with Gasteiger partial charge in [0.2, 0.25) is 5.43 Å². The van der Waals surface area contributed by atoms with Crippen LogP contribution < -0.4 is 20.9 Å². The van der Waals surface area contributed by atoms with Crippen molar-refractivity contribution in [2.45, 2.75) is 6.42 Å². The molecule has 1 heterocycles. The van der Waals surface area contributed by atoms with Crippen molar-refractivity contribution in [2.24, 2.45) is 0 Å². The topological polar surface area (TPSA) is 101 Å². The van der Waals surface area contributed by atoms with Crippen LogP contribution in [0, 0.1) is 0 Å². The molecule has 5 aromatic rings. The Morgan fingerprint density at radius 2 is 1.68 bits per heavy atom. The summed E-state index contributed by atoms with van der Waals surface area (Å²) in [7, 11) is 1.68. The summed E-state index contributed by atoms with van der Waals surface area (Å²) in [5.74, 6) is 1.07. The lowest BCUT2D eigenvalue weighted by atomic mass is 9.98. The molecule has 0 amide bonds. The lowest BCUT2D eigenvalue weighted by Gasteiger charge is -2.13. The minimum absolute atomic E-state index is 0.0606. The van der Waals surface area contributed by atoms with Gasteiger partial charge in [0.15, 0.2) is 5.75 Å². The molecule has 1 aromatic heterocycles. The summed E-state index contributed by atoms with van der Waals surface area (Å²) in [4.78, 5) is 31.6. The number of nitrogens with zero attached hydrogens (tertiary/aromatic N) is 2. The molecule has 0 saturated heterocycles. The van der Waals surface area contributed by atoms with E-state index in [0.29, 0.717) is 23.6 Å². The standard InChI is InChI=1S/C27H21N3O4/c1-34-22-11-10-16-4-2-3-5-19(16)20(22)12-13-28-23-14-21(29-15-30-23)17-6-8-18(9-7-17)24-25(31)27(33)26(24)32/h2-11,14-15,31H,12-13H2,1H3,(H,28,29,30). The van der Waals surface area contributed by atoms with Gasteiger partial charge in [-0.05, 0) is 28.8 Å². The summed E-state index contributed by atoms with van der Waals surface area (Å²) in [6.07, 6.45) is 2.25. The lowest BCUT2D eigenvalue weighted by molar-refractivity contribution is 0.411. The number of benzene rings is 3. The Morgan fingerprint density at radius 1 is 0.912 bits per heavy atom. The van der Waals surface area contributed by atoms with Crippen LogP contribution in [0.3, 0.4) is 0 Å². The molecule has 0 aliphatic rings. The fourth-order valence-electron chi connectivity index (χ4n) is 4.15. The van der Waals surface area contributed by atoms with Crippen LogP contribution in [0.2, 0.25) is 0 Å². The van der Waals surface area contributed by atoms with Gasteiger partial charge in [-0.3, -0.25) is 9.59 Å². The molecule has 7 heteroatoms. The van der Waals surface area contributed by atoms with Gasteiger partial charge in [0.25, 0.3) is 5.43 Å². The Morgan fingerprint density at radius 3 is 2.44 bits per heavy atom. The van der Waals surface area contributed by atoms with E-state index in [4.69, 9.17) is 4.74 Å². The molecule has 0 saturated carbocycles. The van der Waals surface area contributed by atoms with E-state index >= 15 is 0 Å². The number of ether oxygens (including phenoxy) is 1. The molecular weight excluding hydrogens is 430 g/mol. The number of methoxy groups -OCH3 is 1. The monoisotopic (exact) mass is 451 g/mol. The third-order valence-electron chi connectivity index (χ3n) is 5.92. The number of aromatic nitrogens is 2. The largest absolute Gasteiger partial charge is 0.503 e. The minimum atomic E-state index is -0.841. The van der Waals surface area contributed by atoms with Crippen LogP contribution in [0.5, 0.6) is 11.5 Å². The van der Waals surface area contributed by atoms with E-state index < -0.39 is 16.6 Å². The Labute approximate surface area is 195 Å². The molecule has 0 fully saturated rings. The number of fused-ring (bicyclic) bond motifs is 1. The normalized spacial score (nSPS) is 11.1. The Kier molecular flexibility index (Phi) is 5.51. The van der Waals surface area contributed by atoms with E-state index in [9.17, 15) is 14.7 Å². The molecule has 7 nitrogen and oxygen atoms in total. The highest BCUT2D eigenvalue weighted by Crippen LogP contribution is 2.29. The molecule has 34 heavy (non-hydrogen) atoms. The molecule has 0 radical (unpaired) electrons. The van der Waals surface area contributed by atoms with E-state index in [2.05, 4.69) is 33.5 Å². The summed E-state index contributed by atoms with van der Waals surface area (Å²) < 4.78 is 5.58. The average Bonchev–Trinajstić information content (AvgIpc) is 2.89. The minimum Gasteiger partial charge on any atom is -0.503 e. The second-order valence-corrected chi connectivity index (χ2v) is 7.89. The maximum Gasteiger partial charge on any atom is 0.268 e. The van der Waals surface area contributed by atoms with Gasteiger partial charge in [-0.2, -0.15) is 0 Å². The van der Waals surface area contributed by atoms with Gasteiger partial charge in [0, 0.05) is 23.7 Å². The zero-order chi connectivity index (χ0) is 23.7. The maximum absolute atomic E-state index is 11.7. The predicted molar refractivity (Wildman–Crippen MR) is 132 cm³/mol. The van der Waals surface area contributed by atoms with Gasteiger partial charge < -0.3 is 15.2 Å². The highest BCUT2D eigenvalue weighted by atomic mass is 16.5. The van der Waals surface area contributed by atoms with Crippen molar-refractivity contribution in [1.82, 2.24) is 9.97 Å². The van der Waals surface area contributed by atoms with Gasteiger partial charge in [-0.1, -0.05) is 54.6 Å². The van der Waals surface area contributed by atoms with Crippen LogP contribution in [0.15, 0.2) is 82.6 Å². The van der Waals surface area contributed by atoms with E-state index in [1.165, 1.54) is 17.1 Å². The van der Waals surface area contributed by atoms with E-state index in [1.54, 1.807) is 31.4 Å². The van der Waals surface area contributed by atoms with Crippen molar-refractivity contribution < 1.29 is 9.84 Å². The Balaban J connectivity index is 1.32. The molecule has 0 aliphatic carbocycles. The summed E-state index contributed by atoms with van der Waals surface area (Å²) in [5, 5.41) is 15.3. The molecule has 4 aromatic carbocycles. The number of aromatic hydroxyl groups is 1. The fraction of sp³-hybridized carbons (Fsp3) is 0.111. The number of rotatable bonds is 7. The quantitative estimate of drug-likeness (QED) is 0.362. The second-order valence-electron chi connectivity index (χ2n) is 7.89. The van der Waals surface area contributed by atoms with Crippen molar-refractivity contribution in [3.8, 4) is 33.9 Å². The van der Waals surface area contributed by atoms with E-state index in [1.807, 2.05) is 24.3 Å². The highest BCUT2D eigenvalue weighted by Gasteiger charge is 2.21. The molecule has 0 spiro atoms. The van der Waals surface area contributed by atoms with Crippen molar-refractivity contribution >= 4 is 16.6 Å². The lowest BCUT2D eigenvalue weighted by Crippen LogP contribution is -2.31. The molecule has 0 unspecified atom stereocenters. The first-order chi connectivity index (χ1) is 16.6. The Bertz CT molecular complexity index is 1570. The van der Waals surface area contributed by atoms with Gasteiger partial charge in [-0.25, -0.2) is 9.97 Å². The zero-order valence-electron chi connectivity index (χ0n) is 18.4. The van der Waals surface area contributed by atoms with Gasteiger partial charge in [-0.15, -0.1) is 0 Å².